The highest BCUT2D eigenvalue weighted by molar-refractivity contribution is 5.59. The predicted molar refractivity (Wildman–Crippen MR) is 57.2 cm³/mol. The first-order valence-corrected chi connectivity index (χ1v) is 5.21. The maximum atomic E-state index is 4.27. The van der Waals surface area contributed by atoms with E-state index < -0.39 is 0 Å². The lowest BCUT2D eigenvalue weighted by atomic mass is 9.85. The summed E-state index contributed by atoms with van der Waals surface area (Å²) in [4.78, 5) is 4.27. The van der Waals surface area contributed by atoms with Gasteiger partial charge in [0.2, 0.25) is 0 Å². The van der Waals surface area contributed by atoms with Crippen molar-refractivity contribution in [2.75, 3.05) is 6.54 Å². The zero-order valence-electron chi connectivity index (χ0n) is 8.29. The molecule has 70 valence electrons. The average Bonchev–Trinajstić information content (AvgIpc) is 2.20. The molecule has 0 N–H and O–H groups in total. The molecule has 1 heterocycles. The van der Waals surface area contributed by atoms with E-state index in [4.69, 9.17) is 0 Å². The highest BCUT2D eigenvalue weighted by atomic mass is 14.7. The minimum Gasteiger partial charge on any atom is -0.297 e. The molecule has 0 radical (unpaired) electrons. The van der Waals surface area contributed by atoms with E-state index in [1.807, 2.05) is 0 Å². The van der Waals surface area contributed by atoms with Gasteiger partial charge in [0.1, 0.15) is 0 Å². The fourth-order valence-electron chi connectivity index (χ4n) is 2.08. The second-order valence-electron chi connectivity index (χ2n) is 4.06. The molecule has 0 fully saturated rings. The standard InChI is InChI=1S/C12H17N/c1-10-2-4-11(5-3-10)12-6-8-13-9-7-12/h2,4,8,12H,3,5-7,9H2,1H3. The van der Waals surface area contributed by atoms with Gasteiger partial charge in [0.25, 0.3) is 0 Å². The first-order chi connectivity index (χ1) is 6.36. The minimum atomic E-state index is 0.793. The van der Waals surface area contributed by atoms with Gasteiger partial charge in [0.05, 0.1) is 0 Å². The molecular formula is C12H17N. The molecule has 1 aliphatic heterocycles. The van der Waals surface area contributed by atoms with Crippen molar-refractivity contribution >= 4 is 6.21 Å². The summed E-state index contributed by atoms with van der Waals surface area (Å²) in [6, 6.07) is 0. The van der Waals surface area contributed by atoms with Gasteiger partial charge < -0.3 is 0 Å². The van der Waals surface area contributed by atoms with Gasteiger partial charge in [-0.3, -0.25) is 4.99 Å². The lowest BCUT2D eigenvalue weighted by Crippen LogP contribution is -2.12. The van der Waals surface area contributed by atoms with Crippen LogP contribution in [0.3, 0.4) is 0 Å². The van der Waals surface area contributed by atoms with E-state index >= 15 is 0 Å². The molecule has 0 aromatic rings. The molecule has 1 atom stereocenters. The van der Waals surface area contributed by atoms with Gasteiger partial charge in [-0.25, -0.2) is 0 Å². The van der Waals surface area contributed by atoms with Gasteiger partial charge in [-0.2, -0.15) is 0 Å². The number of rotatable bonds is 1. The second-order valence-corrected chi connectivity index (χ2v) is 4.06. The summed E-state index contributed by atoms with van der Waals surface area (Å²) in [6.45, 7) is 3.25. The molecule has 1 nitrogen and oxygen atoms in total. The molecule has 2 aliphatic rings. The van der Waals surface area contributed by atoms with Crippen molar-refractivity contribution in [1.29, 1.82) is 0 Å². The Bertz CT molecular complexity index is 271. The Morgan fingerprint density at radius 1 is 1.31 bits per heavy atom. The maximum absolute atomic E-state index is 4.27. The van der Waals surface area contributed by atoms with E-state index in [1.54, 1.807) is 5.57 Å². The fraction of sp³-hybridized carbons (Fsp3) is 0.583. The van der Waals surface area contributed by atoms with Gasteiger partial charge >= 0.3 is 0 Å². The molecule has 0 spiro atoms. The molecule has 2 rings (SSSR count). The van der Waals surface area contributed by atoms with Crippen molar-refractivity contribution in [2.24, 2.45) is 10.9 Å². The van der Waals surface area contributed by atoms with Gasteiger partial charge in [0.15, 0.2) is 0 Å². The summed E-state index contributed by atoms with van der Waals surface area (Å²) in [5, 5.41) is 0. The summed E-state index contributed by atoms with van der Waals surface area (Å²) in [6.07, 6.45) is 11.7. The largest absolute Gasteiger partial charge is 0.297 e. The quantitative estimate of drug-likeness (QED) is 0.580. The Morgan fingerprint density at radius 3 is 2.85 bits per heavy atom. The molecule has 0 saturated carbocycles. The van der Waals surface area contributed by atoms with E-state index in [0.717, 1.165) is 12.5 Å². The first kappa shape index (κ1) is 8.74. The van der Waals surface area contributed by atoms with Crippen LogP contribution >= 0.6 is 0 Å². The van der Waals surface area contributed by atoms with Crippen LogP contribution in [0.2, 0.25) is 0 Å². The van der Waals surface area contributed by atoms with E-state index in [2.05, 4.69) is 30.3 Å². The highest BCUT2D eigenvalue weighted by Crippen LogP contribution is 2.29. The van der Waals surface area contributed by atoms with Crippen LogP contribution in [0.25, 0.3) is 0 Å². The number of hydrogen-bond acceptors (Lipinski definition) is 1. The van der Waals surface area contributed by atoms with Crippen LogP contribution in [-0.2, 0) is 0 Å². The summed E-state index contributed by atoms with van der Waals surface area (Å²) in [7, 11) is 0. The Hall–Kier alpha value is -0.850. The average molecular weight is 175 g/mol. The Labute approximate surface area is 80.3 Å². The Balaban J connectivity index is 2.04. The fourth-order valence-corrected chi connectivity index (χ4v) is 2.08. The number of nitrogens with zero attached hydrogens (tertiary/aromatic N) is 1. The van der Waals surface area contributed by atoms with Crippen LogP contribution in [0.4, 0.5) is 0 Å². The van der Waals surface area contributed by atoms with Crippen molar-refractivity contribution in [3.8, 4) is 0 Å². The number of allylic oxidation sites excluding steroid dienone is 4. The minimum absolute atomic E-state index is 0.793. The van der Waals surface area contributed by atoms with Gasteiger partial charge in [-0.1, -0.05) is 23.3 Å². The molecule has 1 heteroatoms. The van der Waals surface area contributed by atoms with Crippen molar-refractivity contribution in [3.05, 3.63) is 23.3 Å². The van der Waals surface area contributed by atoms with E-state index in [-0.39, 0.29) is 0 Å². The van der Waals surface area contributed by atoms with Crippen LogP contribution in [0.15, 0.2) is 28.3 Å². The third-order valence-electron chi connectivity index (χ3n) is 3.04. The van der Waals surface area contributed by atoms with Crippen LogP contribution in [0, 0.1) is 5.92 Å². The number of hydrogen-bond donors (Lipinski definition) is 0. The van der Waals surface area contributed by atoms with Gasteiger partial charge in [-0.05, 0) is 44.7 Å². The normalized spacial score (nSPS) is 28.2. The molecule has 0 amide bonds. The Morgan fingerprint density at radius 2 is 2.23 bits per heavy atom. The molecule has 0 aromatic carbocycles. The first-order valence-electron chi connectivity index (χ1n) is 5.21. The Kier molecular flexibility index (Phi) is 2.62. The zero-order valence-corrected chi connectivity index (χ0v) is 8.29. The summed E-state index contributed by atoms with van der Waals surface area (Å²) >= 11 is 0. The number of aliphatic imine (C=N–C) groups is 1. The van der Waals surface area contributed by atoms with Crippen LogP contribution in [-0.4, -0.2) is 12.8 Å². The van der Waals surface area contributed by atoms with Gasteiger partial charge in [0, 0.05) is 6.54 Å². The molecule has 13 heavy (non-hydrogen) atoms. The molecule has 0 saturated heterocycles. The molecule has 0 aromatic heterocycles. The zero-order chi connectivity index (χ0) is 9.10. The van der Waals surface area contributed by atoms with E-state index in [1.165, 1.54) is 31.3 Å². The lowest BCUT2D eigenvalue weighted by molar-refractivity contribution is 0.549. The van der Waals surface area contributed by atoms with Crippen molar-refractivity contribution in [3.63, 3.8) is 0 Å². The SMILES string of the molecule is CC1=CC=C(C2CC=NCC2)CC1. The molecule has 1 unspecified atom stereocenters. The van der Waals surface area contributed by atoms with Crippen molar-refractivity contribution in [2.45, 2.75) is 32.6 Å². The van der Waals surface area contributed by atoms with Crippen molar-refractivity contribution in [1.82, 2.24) is 0 Å². The molecule has 0 bridgehead atoms. The van der Waals surface area contributed by atoms with Crippen LogP contribution < -0.4 is 0 Å². The summed E-state index contributed by atoms with van der Waals surface area (Å²) in [5.74, 6) is 0.793. The molecule has 1 aliphatic carbocycles. The lowest BCUT2D eigenvalue weighted by Gasteiger charge is -2.22. The highest BCUT2D eigenvalue weighted by Gasteiger charge is 2.16. The van der Waals surface area contributed by atoms with E-state index in [9.17, 15) is 0 Å². The van der Waals surface area contributed by atoms with Gasteiger partial charge in [-0.15, -0.1) is 0 Å². The third-order valence-corrected chi connectivity index (χ3v) is 3.04. The third kappa shape index (κ3) is 2.09. The van der Waals surface area contributed by atoms with Crippen LogP contribution in [0.1, 0.15) is 32.6 Å². The van der Waals surface area contributed by atoms with Crippen molar-refractivity contribution < 1.29 is 0 Å². The van der Waals surface area contributed by atoms with Crippen LogP contribution in [0.5, 0.6) is 0 Å². The van der Waals surface area contributed by atoms with E-state index in [0.29, 0.717) is 0 Å². The molecular weight excluding hydrogens is 158 g/mol. The predicted octanol–water partition coefficient (Wildman–Crippen LogP) is 3.13. The monoisotopic (exact) mass is 175 g/mol. The summed E-state index contributed by atoms with van der Waals surface area (Å²) < 4.78 is 0. The second kappa shape index (κ2) is 3.91. The topological polar surface area (TPSA) is 12.4 Å². The maximum Gasteiger partial charge on any atom is 0.0391 e. The smallest absolute Gasteiger partial charge is 0.0391 e. The summed E-state index contributed by atoms with van der Waals surface area (Å²) in [5.41, 5.74) is 3.17.